The standard InChI is InChI=1S/C11H17N3O3S/c1-4-7(5-12)9(15)14(3)10-8(11(16)17)6(2)13-18-10/h7H,4-5,12H2,1-3H3,(H,16,17). The molecule has 0 aliphatic carbocycles. The second kappa shape index (κ2) is 5.92. The molecular weight excluding hydrogens is 254 g/mol. The maximum Gasteiger partial charge on any atom is 0.340 e. The molecule has 0 saturated heterocycles. The summed E-state index contributed by atoms with van der Waals surface area (Å²) in [5.41, 5.74) is 6.03. The number of carboxylic acid groups (broad SMARTS) is 1. The van der Waals surface area contributed by atoms with Gasteiger partial charge in [0.15, 0.2) is 0 Å². The Balaban J connectivity index is 3.07. The molecule has 100 valence electrons. The second-order valence-electron chi connectivity index (χ2n) is 3.99. The largest absolute Gasteiger partial charge is 0.478 e. The first-order valence-corrected chi connectivity index (χ1v) is 6.38. The fourth-order valence-corrected chi connectivity index (χ4v) is 2.50. The number of hydrogen-bond acceptors (Lipinski definition) is 5. The topological polar surface area (TPSA) is 96.5 Å². The highest BCUT2D eigenvalue weighted by atomic mass is 32.1. The van der Waals surface area contributed by atoms with Gasteiger partial charge in [-0.05, 0) is 24.9 Å². The zero-order valence-electron chi connectivity index (χ0n) is 10.6. The minimum atomic E-state index is -1.07. The van der Waals surface area contributed by atoms with Crippen LogP contribution in [0.1, 0.15) is 29.4 Å². The van der Waals surface area contributed by atoms with E-state index < -0.39 is 5.97 Å². The number of carboxylic acids is 1. The van der Waals surface area contributed by atoms with Crippen LogP contribution in [0.5, 0.6) is 0 Å². The van der Waals surface area contributed by atoms with E-state index in [1.54, 1.807) is 14.0 Å². The van der Waals surface area contributed by atoms with Gasteiger partial charge in [-0.3, -0.25) is 4.79 Å². The van der Waals surface area contributed by atoms with Gasteiger partial charge in [0.05, 0.1) is 11.6 Å². The fraction of sp³-hybridized carbons (Fsp3) is 0.545. The zero-order chi connectivity index (χ0) is 13.9. The van der Waals surface area contributed by atoms with E-state index in [0.717, 1.165) is 11.5 Å². The van der Waals surface area contributed by atoms with Gasteiger partial charge in [-0.15, -0.1) is 0 Å². The van der Waals surface area contributed by atoms with Crippen LogP contribution >= 0.6 is 11.5 Å². The minimum absolute atomic E-state index is 0.0859. The molecule has 7 heteroatoms. The average Bonchev–Trinajstić information content (AvgIpc) is 2.71. The Morgan fingerprint density at radius 3 is 2.61 bits per heavy atom. The van der Waals surface area contributed by atoms with Crippen LogP contribution in [0.2, 0.25) is 0 Å². The summed E-state index contributed by atoms with van der Waals surface area (Å²) in [5.74, 6) is -1.54. The molecule has 1 unspecified atom stereocenters. The molecule has 1 aromatic heterocycles. The average molecular weight is 271 g/mol. The lowest BCUT2D eigenvalue weighted by Crippen LogP contribution is -2.36. The lowest BCUT2D eigenvalue weighted by molar-refractivity contribution is -0.121. The number of amides is 1. The number of anilines is 1. The van der Waals surface area contributed by atoms with Crippen molar-refractivity contribution in [3.8, 4) is 0 Å². The highest BCUT2D eigenvalue weighted by Gasteiger charge is 2.27. The van der Waals surface area contributed by atoms with Gasteiger partial charge in [0.2, 0.25) is 5.91 Å². The Morgan fingerprint density at radius 2 is 2.17 bits per heavy atom. The Kier molecular flexibility index (Phi) is 4.80. The molecule has 1 rings (SSSR count). The molecule has 0 spiro atoms. The van der Waals surface area contributed by atoms with Crippen LogP contribution in [0, 0.1) is 12.8 Å². The normalized spacial score (nSPS) is 12.2. The fourth-order valence-electron chi connectivity index (χ4n) is 1.65. The van der Waals surface area contributed by atoms with Crippen LogP contribution < -0.4 is 10.6 Å². The summed E-state index contributed by atoms with van der Waals surface area (Å²) in [5, 5.41) is 9.48. The van der Waals surface area contributed by atoms with E-state index in [1.807, 2.05) is 6.92 Å². The van der Waals surface area contributed by atoms with E-state index >= 15 is 0 Å². The summed E-state index contributed by atoms with van der Waals surface area (Å²) in [6, 6.07) is 0. The van der Waals surface area contributed by atoms with Gasteiger partial charge >= 0.3 is 5.97 Å². The van der Waals surface area contributed by atoms with Crippen LogP contribution in [0.15, 0.2) is 0 Å². The van der Waals surface area contributed by atoms with Crippen LogP contribution in [0.4, 0.5) is 5.00 Å². The van der Waals surface area contributed by atoms with Crippen LogP contribution in [-0.2, 0) is 4.79 Å². The predicted octanol–water partition coefficient (Wildman–Crippen LogP) is 1.10. The van der Waals surface area contributed by atoms with Crippen molar-refractivity contribution in [2.45, 2.75) is 20.3 Å². The van der Waals surface area contributed by atoms with E-state index in [-0.39, 0.29) is 23.9 Å². The lowest BCUT2D eigenvalue weighted by atomic mass is 10.1. The quantitative estimate of drug-likeness (QED) is 0.835. The van der Waals surface area contributed by atoms with Gasteiger partial charge in [0.1, 0.15) is 10.6 Å². The maximum atomic E-state index is 12.1. The van der Waals surface area contributed by atoms with Crippen molar-refractivity contribution in [2.75, 3.05) is 18.5 Å². The summed E-state index contributed by atoms with van der Waals surface area (Å²) >= 11 is 1.01. The third-order valence-corrected chi connectivity index (χ3v) is 3.84. The third-order valence-electron chi connectivity index (χ3n) is 2.82. The van der Waals surface area contributed by atoms with Crippen LogP contribution in [0.3, 0.4) is 0 Å². The number of rotatable bonds is 5. The summed E-state index contributed by atoms with van der Waals surface area (Å²) in [6.07, 6.45) is 0.625. The molecule has 0 fully saturated rings. The Morgan fingerprint density at radius 1 is 1.56 bits per heavy atom. The summed E-state index contributed by atoms with van der Waals surface area (Å²) in [4.78, 5) is 24.6. The molecule has 1 atom stereocenters. The third kappa shape index (κ3) is 2.68. The molecular formula is C11H17N3O3S. The first-order valence-electron chi connectivity index (χ1n) is 5.61. The number of hydrogen-bond donors (Lipinski definition) is 2. The molecule has 1 amide bonds. The number of aromatic nitrogens is 1. The molecule has 6 nitrogen and oxygen atoms in total. The molecule has 0 saturated carbocycles. The van der Waals surface area contributed by atoms with Gasteiger partial charge in [0, 0.05) is 13.6 Å². The maximum absolute atomic E-state index is 12.1. The van der Waals surface area contributed by atoms with Gasteiger partial charge in [0.25, 0.3) is 0 Å². The number of aryl methyl sites for hydroxylation is 1. The van der Waals surface area contributed by atoms with Crippen molar-refractivity contribution in [2.24, 2.45) is 11.7 Å². The molecule has 1 heterocycles. The van der Waals surface area contributed by atoms with E-state index in [1.165, 1.54) is 4.90 Å². The number of nitrogens with zero attached hydrogens (tertiary/aromatic N) is 2. The number of carbonyl (C=O) groups is 2. The monoisotopic (exact) mass is 271 g/mol. The number of nitrogens with two attached hydrogens (primary N) is 1. The first-order chi connectivity index (χ1) is 8.43. The van der Waals surface area contributed by atoms with E-state index in [9.17, 15) is 9.59 Å². The van der Waals surface area contributed by atoms with Crippen molar-refractivity contribution in [3.05, 3.63) is 11.3 Å². The Hall–Kier alpha value is -1.47. The molecule has 0 radical (unpaired) electrons. The van der Waals surface area contributed by atoms with Gasteiger partial charge < -0.3 is 15.7 Å². The number of aromatic carboxylic acids is 1. The molecule has 18 heavy (non-hydrogen) atoms. The van der Waals surface area contributed by atoms with Crippen LogP contribution in [0.25, 0.3) is 0 Å². The SMILES string of the molecule is CCC(CN)C(=O)N(C)c1snc(C)c1C(=O)O. The molecule has 0 aliphatic rings. The second-order valence-corrected chi connectivity index (χ2v) is 4.74. The summed E-state index contributed by atoms with van der Waals surface area (Å²) < 4.78 is 3.99. The Bertz CT molecular complexity index is 454. The lowest BCUT2D eigenvalue weighted by Gasteiger charge is -2.20. The van der Waals surface area contributed by atoms with Crippen LogP contribution in [-0.4, -0.2) is 34.9 Å². The molecule has 0 bridgehead atoms. The predicted molar refractivity (Wildman–Crippen MR) is 70.1 cm³/mol. The van der Waals surface area contributed by atoms with Gasteiger partial charge in [-0.2, -0.15) is 4.37 Å². The highest BCUT2D eigenvalue weighted by molar-refractivity contribution is 7.11. The molecule has 0 aliphatic heterocycles. The van der Waals surface area contributed by atoms with Crippen molar-refractivity contribution in [1.29, 1.82) is 0 Å². The molecule has 3 N–H and O–H groups in total. The van der Waals surface area contributed by atoms with Crippen molar-refractivity contribution in [3.63, 3.8) is 0 Å². The molecule has 0 aromatic carbocycles. The van der Waals surface area contributed by atoms with Crippen molar-refractivity contribution >= 4 is 28.4 Å². The van der Waals surface area contributed by atoms with E-state index in [0.29, 0.717) is 17.1 Å². The first kappa shape index (κ1) is 14.6. The molecule has 1 aromatic rings. The minimum Gasteiger partial charge on any atom is -0.478 e. The van der Waals surface area contributed by atoms with Crippen molar-refractivity contribution in [1.82, 2.24) is 4.37 Å². The van der Waals surface area contributed by atoms with E-state index in [2.05, 4.69) is 4.37 Å². The van der Waals surface area contributed by atoms with E-state index in [4.69, 9.17) is 10.8 Å². The highest BCUT2D eigenvalue weighted by Crippen LogP contribution is 2.28. The Labute approximate surface area is 110 Å². The van der Waals surface area contributed by atoms with Crippen molar-refractivity contribution < 1.29 is 14.7 Å². The summed E-state index contributed by atoms with van der Waals surface area (Å²) in [6.45, 7) is 3.74. The van der Waals surface area contributed by atoms with Gasteiger partial charge in [-0.25, -0.2) is 4.79 Å². The summed E-state index contributed by atoms with van der Waals surface area (Å²) in [7, 11) is 1.56. The smallest absolute Gasteiger partial charge is 0.340 e. The van der Waals surface area contributed by atoms with Gasteiger partial charge in [-0.1, -0.05) is 6.92 Å². The number of carbonyl (C=O) groups excluding carboxylic acids is 1. The zero-order valence-corrected chi connectivity index (χ0v) is 11.5.